The van der Waals surface area contributed by atoms with E-state index in [2.05, 4.69) is 6.07 Å². The largest absolute Gasteiger partial charge is 0.445 e. The van der Waals surface area contributed by atoms with Gasteiger partial charge < -0.3 is 9.64 Å². The summed E-state index contributed by atoms with van der Waals surface area (Å²) in [4.78, 5) is 14.7. The number of likely N-dealkylation sites (tertiary alicyclic amines) is 1. The van der Waals surface area contributed by atoms with Crippen LogP contribution >= 0.6 is 0 Å². The van der Waals surface area contributed by atoms with Gasteiger partial charge in [-0.1, -0.05) is 42.5 Å². The van der Waals surface area contributed by atoms with Crippen molar-refractivity contribution in [2.45, 2.75) is 38.3 Å². The van der Waals surface area contributed by atoms with Crippen LogP contribution in [0.1, 0.15) is 48.4 Å². The highest BCUT2D eigenvalue weighted by Gasteiger charge is 2.40. The smallest absolute Gasteiger partial charge is 0.410 e. The number of nitrogens with zero attached hydrogens (tertiary/aromatic N) is 2. The molecule has 4 heteroatoms. The maximum Gasteiger partial charge on any atom is 0.410 e. The molecule has 1 aliphatic carbocycles. The summed E-state index contributed by atoms with van der Waals surface area (Å²) in [5.74, 6) is 1.51. The minimum absolute atomic E-state index is 0.0281. The fourth-order valence-corrected chi connectivity index (χ4v) is 4.10. The standard InChI is InChI=1S/C23H24N2O2/c24-15-17-6-8-20(9-7-17)22-14-21(19-10-11-19)12-13-25(22)23(26)27-16-18-4-2-1-3-5-18/h1-9,19,21-22H,10-14,16H2/t21?,22-/m0/s1. The Labute approximate surface area is 160 Å². The number of ether oxygens (including phenoxy) is 1. The average Bonchev–Trinajstić information content (AvgIpc) is 3.58. The summed E-state index contributed by atoms with van der Waals surface area (Å²) in [5, 5.41) is 9.05. The van der Waals surface area contributed by atoms with Crippen molar-refractivity contribution in [3.8, 4) is 6.07 Å². The number of piperidine rings is 1. The second kappa shape index (κ2) is 7.84. The van der Waals surface area contributed by atoms with Gasteiger partial charge in [0.1, 0.15) is 6.61 Å². The number of amides is 1. The quantitative estimate of drug-likeness (QED) is 0.766. The molecule has 0 radical (unpaired) electrons. The number of nitriles is 1. The van der Waals surface area contributed by atoms with Crippen LogP contribution < -0.4 is 0 Å². The lowest BCUT2D eigenvalue weighted by Gasteiger charge is -2.39. The van der Waals surface area contributed by atoms with Crippen molar-refractivity contribution in [2.24, 2.45) is 11.8 Å². The minimum atomic E-state index is -0.248. The molecule has 0 bridgehead atoms. The van der Waals surface area contributed by atoms with Crippen LogP contribution in [0.2, 0.25) is 0 Å². The van der Waals surface area contributed by atoms with E-state index < -0.39 is 0 Å². The molecule has 1 amide bonds. The van der Waals surface area contributed by atoms with Gasteiger partial charge in [0.05, 0.1) is 17.7 Å². The van der Waals surface area contributed by atoms with Crippen molar-refractivity contribution in [3.63, 3.8) is 0 Å². The molecule has 2 fully saturated rings. The first-order valence-electron chi connectivity index (χ1n) is 9.72. The molecule has 0 N–H and O–H groups in total. The van der Waals surface area contributed by atoms with Gasteiger partial charge in [-0.3, -0.25) is 0 Å². The summed E-state index contributed by atoms with van der Waals surface area (Å²) < 4.78 is 5.61. The summed E-state index contributed by atoms with van der Waals surface area (Å²) in [5.41, 5.74) is 2.73. The van der Waals surface area contributed by atoms with Gasteiger partial charge in [0.15, 0.2) is 0 Å². The number of rotatable bonds is 4. The van der Waals surface area contributed by atoms with E-state index in [4.69, 9.17) is 10.00 Å². The third-order valence-electron chi connectivity index (χ3n) is 5.80. The van der Waals surface area contributed by atoms with Crippen LogP contribution in [-0.4, -0.2) is 17.5 Å². The topological polar surface area (TPSA) is 53.3 Å². The monoisotopic (exact) mass is 360 g/mol. The lowest BCUT2D eigenvalue weighted by molar-refractivity contribution is 0.0536. The number of carbonyl (C=O) groups is 1. The number of hydrogen-bond acceptors (Lipinski definition) is 3. The molecule has 2 aliphatic rings. The predicted molar refractivity (Wildman–Crippen MR) is 103 cm³/mol. The highest BCUT2D eigenvalue weighted by molar-refractivity contribution is 5.68. The molecular weight excluding hydrogens is 336 g/mol. The van der Waals surface area contributed by atoms with Crippen molar-refractivity contribution in [2.75, 3.05) is 6.54 Å². The molecule has 2 atom stereocenters. The normalized spacial score (nSPS) is 22.1. The van der Waals surface area contributed by atoms with E-state index >= 15 is 0 Å². The molecule has 1 heterocycles. The first kappa shape index (κ1) is 17.6. The van der Waals surface area contributed by atoms with Crippen LogP contribution in [0, 0.1) is 23.2 Å². The van der Waals surface area contributed by atoms with E-state index in [1.165, 1.54) is 12.8 Å². The predicted octanol–water partition coefficient (Wildman–Crippen LogP) is 5.06. The lowest BCUT2D eigenvalue weighted by Crippen LogP contribution is -2.41. The minimum Gasteiger partial charge on any atom is -0.445 e. The third-order valence-corrected chi connectivity index (χ3v) is 5.80. The van der Waals surface area contributed by atoms with Gasteiger partial charge in [-0.25, -0.2) is 4.79 Å². The molecule has 0 spiro atoms. The molecule has 4 nitrogen and oxygen atoms in total. The van der Waals surface area contributed by atoms with Crippen molar-refractivity contribution in [3.05, 3.63) is 71.3 Å². The average molecular weight is 360 g/mol. The highest BCUT2D eigenvalue weighted by Crippen LogP contribution is 2.46. The fraction of sp³-hybridized carbons (Fsp3) is 0.391. The zero-order valence-corrected chi connectivity index (χ0v) is 15.4. The second-order valence-corrected chi connectivity index (χ2v) is 7.61. The molecule has 1 aliphatic heterocycles. The Morgan fingerprint density at radius 3 is 2.44 bits per heavy atom. The van der Waals surface area contributed by atoms with E-state index in [1.807, 2.05) is 59.5 Å². The third kappa shape index (κ3) is 4.14. The SMILES string of the molecule is N#Cc1ccc([C@@H]2CC(C3CC3)CCN2C(=O)OCc2ccccc2)cc1. The van der Waals surface area contributed by atoms with Crippen LogP contribution in [-0.2, 0) is 11.3 Å². The van der Waals surface area contributed by atoms with Crippen molar-refractivity contribution in [1.29, 1.82) is 5.26 Å². The van der Waals surface area contributed by atoms with E-state index in [0.717, 1.165) is 36.4 Å². The Kier molecular flexibility index (Phi) is 5.11. The Morgan fingerprint density at radius 2 is 1.78 bits per heavy atom. The van der Waals surface area contributed by atoms with Crippen LogP contribution in [0.15, 0.2) is 54.6 Å². The van der Waals surface area contributed by atoms with E-state index in [-0.39, 0.29) is 12.1 Å². The van der Waals surface area contributed by atoms with Gasteiger partial charge >= 0.3 is 6.09 Å². The Morgan fingerprint density at radius 1 is 1.04 bits per heavy atom. The van der Waals surface area contributed by atoms with Gasteiger partial charge in [-0.05, 0) is 60.8 Å². The second-order valence-electron chi connectivity index (χ2n) is 7.61. The number of benzene rings is 2. The molecule has 138 valence electrons. The van der Waals surface area contributed by atoms with Gasteiger partial charge in [-0.2, -0.15) is 5.26 Å². The van der Waals surface area contributed by atoms with Gasteiger partial charge in [-0.15, -0.1) is 0 Å². The maximum absolute atomic E-state index is 12.8. The van der Waals surface area contributed by atoms with Crippen LogP contribution in [0.25, 0.3) is 0 Å². The van der Waals surface area contributed by atoms with Gasteiger partial charge in [0, 0.05) is 6.54 Å². The molecule has 1 saturated carbocycles. The van der Waals surface area contributed by atoms with E-state index in [9.17, 15) is 4.79 Å². The maximum atomic E-state index is 12.8. The molecule has 4 rings (SSSR count). The number of hydrogen-bond donors (Lipinski definition) is 0. The van der Waals surface area contributed by atoms with E-state index in [1.54, 1.807) is 0 Å². The zero-order valence-electron chi connectivity index (χ0n) is 15.4. The Bertz CT molecular complexity index is 822. The molecule has 1 saturated heterocycles. The highest BCUT2D eigenvalue weighted by atomic mass is 16.6. The van der Waals surface area contributed by atoms with Crippen molar-refractivity contribution < 1.29 is 9.53 Å². The number of carbonyl (C=O) groups excluding carboxylic acids is 1. The Hall–Kier alpha value is -2.80. The van der Waals surface area contributed by atoms with Crippen LogP contribution in [0.4, 0.5) is 4.79 Å². The van der Waals surface area contributed by atoms with Gasteiger partial charge in [0.25, 0.3) is 0 Å². The summed E-state index contributed by atoms with van der Waals surface area (Å²) in [7, 11) is 0. The molecule has 0 aromatic heterocycles. The lowest BCUT2D eigenvalue weighted by atomic mass is 9.84. The van der Waals surface area contributed by atoms with E-state index in [0.29, 0.717) is 18.1 Å². The first-order chi connectivity index (χ1) is 13.2. The molecular formula is C23H24N2O2. The van der Waals surface area contributed by atoms with Gasteiger partial charge in [0.2, 0.25) is 0 Å². The summed E-state index contributed by atoms with van der Waals surface area (Å²) in [6.45, 7) is 1.03. The molecule has 2 aromatic rings. The van der Waals surface area contributed by atoms with Crippen molar-refractivity contribution in [1.82, 2.24) is 4.90 Å². The fourth-order valence-electron chi connectivity index (χ4n) is 4.10. The Balaban J connectivity index is 1.49. The van der Waals surface area contributed by atoms with Crippen LogP contribution in [0.3, 0.4) is 0 Å². The molecule has 2 aromatic carbocycles. The molecule has 27 heavy (non-hydrogen) atoms. The summed E-state index contributed by atoms with van der Waals surface area (Å²) in [6.07, 6.45) is 4.43. The van der Waals surface area contributed by atoms with Crippen molar-refractivity contribution >= 4 is 6.09 Å². The van der Waals surface area contributed by atoms with Crippen LogP contribution in [0.5, 0.6) is 0 Å². The first-order valence-corrected chi connectivity index (χ1v) is 9.72. The summed E-state index contributed by atoms with van der Waals surface area (Å²) >= 11 is 0. The zero-order chi connectivity index (χ0) is 18.6. The molecule has 1 unspecified atom stereocenters. The summed E-state index contributed by atoms with van der Waals surface area (Å²) in [6, 6.07) is 19.6.